The molecule has 0 saturated carbocycles. The molecule has 19 nitrogen and oxygen atoms in total. The molecule has 19 heteroatoms. The molecule has 0 aromatic heterocycles. The van der Waals surface area contributed by atoms with Crippen molar-refractivity contribution in [2.75, 3.05) is 42.1 Å². The number of ether oxygens (including phenoxy) is 3. The first-order valence-corrected chi connectivity index (χ1v) is 19.0. The summed E-state index contributed by atoms with van der Waals surface area (Å²) in [6, 6.07) is 21.9. The van der Waals surface area contributed by atoms with Crippen LogP contribution in [-0.2, 0) is 4.79 Å². The van der Waals surface area contributed by atoms with Gasteiger partial charge in [0.1, 0.15) is 24.0 Å². The number of nitrogens with one attached hydrogen (secondary N) is 5. The number of phenols is 2. The van der Waals surface area contributed by atoms with Crippen LogP contribution >= 0.6 is 0 Å². The lowest BCUT2D eigenvalue weighted by molar-refractivity contribution is -0.118. The van der Waals surface area contributed by atoms with E-state index in [9.17, 15) is 44.1 Å². The highest BCUT2D eigenvalue weighted by Gasteiger charge is 2.40. The van der Waals surface area contributed by atoms with Gasteiger partial charge in [-0.2, -0.15) is 10.2 Å². The van der Waals surface area contributed by atoms with Crippen molar-refractivity contribution in [1.82, 2.24) is 5.32 Å². The number of amides is 5. The molecule has 326 valence electrons. The van der Waals surface area contributed by atoms with Gasteiger partial charge in [0, 0.05) is 34.5 Å². The molecule has 0 saturated heterocycles. The molecule has 1 heterocycles. The number of aromatic carboxylic acids is 1. The monoisotopic (exact) mass is 869 g/mol. The third-order valence-electron chi connectivity index (χ3n) is 9.55. The summed E-state index contributed by atoms with van der Waals surface area (Å²) < 4.78 is 15.7. The Bertz CT molecular complexity index is 2710. The molecule has 0 spiro atoms. The zero-order chi connectivity index (χ0) is 46.1. The minimum atomic E-state index is -1.42. The molecule has 1 unspecified atom stereocenters. The average molecular weight is 870 g/mol. The summed E-state index contributed by atoms with van der Waals surface area (Å²) in [7, 11) is 2.37. The van der Waals surface area contributed by atoms with E-state index >= 15 is 0 Å². The molecule has 1 aliphatic rings. The lowest BCUT2D eigenvalue weighted by Gasteiger charge is -2.20. The van der Waals surface area contributed by atoms with Crippen LogP contribution in [-0.4, -0.2) is 83.4 Å². The molecule has 0 aliphatic carbocycles. The largest absolute Gasteiger partial charge is 0.504 e. The number of carboxylic acids is 1. The lowest BCUT2D eigenvalue weighted by atomic mass is 10.0. The van der Waals surface area contributed by atoms with Crippen LogP contribution in [0, 0.1) is 12.3 Å². The first-order valence-electron chi connectivity index (χ1n) is 19.0. The molecule has 0 bridgehead atoms. The van der Waals surface area contributed by atoms with Crippen LogP contribution in [0.2, 0.25) is 0 Å². The highest BCUT2D eigenvalue weighted by molar-refractivity contribution is 6.10. The second-order valence-electron chi connectivity index (χ2n) is 14.1. The Hall–Kier alpha value is -8.92. The van der Waals surface area contributed by atoms with Gasteiger partial charge in [0.2, 0.25) is 5.91 Å². The van der Waals surface area contributed by atoms with E-state index in [2.05, 4.69) is 42.7 Å². The third kappa shape index (κ3) is 10.5. The van der Waals surface area contributed by atoms with E-state index in [1.165, 1.54) is 61.7 Å². The molecule has 5 aromatic carbocycles. The predicted octanol–water partition coefficient (Wildman–Crippen LogP) is 5.89. The van der Waals surface area contributed by atoms with Crippen molar-refractivity contribution >= 4 is 58.3 Å². The van der Waals surface area contributed by atoms with Crippen LogP contribution < -0.4 is 40.8 Å². The molecule has 1 aliphatic heterocycles. The van der Waals surface area contributed by atoms with Crippen molar-refractivity contribution in [1.29, 1.82) is 0 Å². The molecule has 64 heavy (non-hydrogen) atoms. The summed E-state index contributed by atoms with van der Waals surface area (Å²) in [6.45, 7) is 1.80. The molecule has 5 amide bonds. The number of carbonyl (C=O) groups is 6. The molecular weight excluding hydrogens is 831 g/mol. The highest BCUT2D eigenvalue weighted by Crippen LogP contribution is 2.41. The number of methoxy groups -OCH3 is 2. The van der Waals surface area contributed by atoms with Gasteiger partial charge < -0.3 is 56.1 Å². The van der Waals surface area contributed by atoms with Gasteiger partial charge in [-0.25, -0.2) is 4.79 Å². The maximum absolute atomic E-state index is 13.5. The van der Waals surface area contributed by atoms with E-state index in [1.54, 1.807) is 43.3 Å². The maximum Gasteiger partial charge on any atom is 0.339 e. The summed E-state index contributed by atoms with van der Waals surface area (Å²) in [6.07, 6.45) is 5.26. The fraction of sp³-hybridized carbons (Fsp3) is 0.156. The first kappa shape index (κ1) is 44.6. The van der Waals surface area contributed by atoms with Crippen LogP contribution in [0.25, 0.3) is 0 Å². The lowest BCUT2D eigenvalue weighted by Crippen LogP contribution is -2.46. The number of hydrogen-bond donors (Lipinski definition) is 8. The number of nitrogens with zero attached hydrogens (tertiary/aromatic N) is 2. The number of aromatic hydroxyl groups is 2. The Balaban J connectivity index is 1.06. The molecule has 6 rings (SSSR count). The van der Waals surface area contributed by atoms with Gasteiger partial charge in [-0.1, -0.05) is 5.92 Å². The standard InChI is InChI=1S/C45H39N7O12/c1-5-22-64-29-16-10-26(11-17-29)39(55)46-27-12-6-25(7-13-27)41(57)50-34(23-45(2)51-52-45)43(59)47-28-14-8-24(9-15-28)40(56)48-32-20-18-30(35(53)37(32)62-3)42(58)49-33-21-19-31(44(60)61)36(54)38(33)63-4/h1,6-21,34,53-54H,22-23H2,2-4H3,(H,46,55)(H,47,59)(H,48,56)(H,49,58)(H,50,57)(H,60,61). The Morgan fingerprint density at radius 2 is 1.11 bits per heavy atom. The Labute approximate surface area is 364 Å². The maximum atomic E-state index is 13.5. The molecule has 1 atom stereocenters. The first-order chi connectivity index (χ1) is 30.6. The number of anilines is 4. The number of phenolic OH excluding ortho intramolecular Hbond substituents is 1. The van der Waals surface area contributed by atoms with Gasteiger partial charge in [-0.05, 0) is 104 Å². The predicted molar refractivity (Wildman–Crippen MR) is 232 cm³/mol. The SMILES string of the molecule is C#CCOc1ccc(C(=O)Nc2ccc(C(=O)NC(CC3(C)N=N3)C(=O)Nc3ccc(C(=O)Nc4ccc(C(=O)Nc5ccc(C(=O)O)c(O)c5OC)c(O)c4OC)cc3)cc2)cc1. The minimum absolute atomic E-state index is 0.00308. The van der Waals surface area contributed by atoms with E-state index in [0.29, 0.717) is 22.7 Å². The van der Waals surface area contributed by atoms with Crippen molar-refractivity contribution in [2.45, 2.75) is 25.0 Å². The zero-order valence-electron chi connectivity index (χ0n) is 34.2. The normalized spacial score (nSPS) is 12.3. The van der Waals surface area contributed by atoms with E-state index in [-0.39, 0.29) is 58.5 Å². The Morgan fingerprint density at radius 1 is 0.641 bits per heavy atom. The summed E-state index contributed by atoms with van der Waals surface area (Å²) in [5, 5.41) is 51.7. The van der Waals surface area contributed by atoms with E-state index in [0.717, 1.165) is 13.2 Å². The van der Waals surface area contributed by atoms with Crippen molar-refractivity contribution in [2.24, 2.45) is 10.2 Å². The van der Waals surface area contributed by atoms with Gasteiger partial charge in [0.25, 0.3) is 23.6 Å². The van der Waals surface area contributed by atoms with Crippen molar-refractivity contribution in [3.05, 3.63) is 125 Å². The molecule has 0 radical (unpaired) electrons. The summed E-state index contributed by atoms with van der Waals surface area (Å²) in [4.78, 5) is 77.4. The van der Waals surface area contributed by atoms with Crippen molar-refractivity contribution in [3.63, 3.8) is 0 Å². The average Bonchev–Trinajstić information content (AvgIpc) is 4.01. The van der Waals surface area contributed by atoms with Gasteiger partial charge in [-0.15, -0.1) is 6.42 Å². The van der Waals surface area contributed by atoms with Gasteiger partial charge in [0.15, 0.2) is 28.7 Å². The van der Waals surface area contributed by atoms with Crippen LogP contribution in [0.4, 0.5) is 22.7 Å². The Morgan fingerprint density at radius 3 is 1.62 bits per heavy atom. The number of terminal acetylenes is 1. The van der Waals surface area contributed by atoms with Gasteiger partial charge in [-0.3, -0.25) is 24.0 Å². The quantitative estimate of drug-likeness (QED) is 0.0508. The number of carboxylic acid groups (broad SMARTS) is 1. The van der Waals surface area contributed by atoms with Crippen LogP contribution in [0.1, 0.15) is 65.1 Å². The van der Waals surface area contributed by atoms with Crippen LogP contribution in [0.3, 0.4) is 0 Å². The number of benzene rings is 5. The fourth-order valence-electron chi connectivity index (χ4n) is 6.17. The summed E-state index contributed by atoms with van der Waals surface area (Å²) >= 11 is 0. The highest BCUT2D eigenvalue weighted by atomic mass is 16.5. The molecular formula is C45H39N7O12. The van der Waals surface area contributed by atoms with Gasteiger partial charge >= 0.3 is 5.97 Å². The second-order valence-corrected chi connectivity index (χ2v) is 14.1. The smallest absolute Gasteiger partial charge is 0.339 e. The third-order valence-corrected chi connectivity index (χ3v) is 9.55. The number of hydrogen-bond acceptors (Lipinski definition) is 13. The van der Waals surface area contributed by atoms with Gasteiger partial charge in [0.05, 0.1) is 31.2 Å². The second kappa shape index (κ2) is 19.2. The van der Waals surface area contributed by atoms with Crippen LogP contribution in [0.5, 0.6) is 28.7 Å². The number of carbonyl (C=O) groups excluding carboxylic acids is 5. The molecule has 5 aromatic rings. The van der Waals surface area contributed by atoms with Crippen molar-refractivity contribution < 1.29 is 58.3 Å². The number of rotatable bonds is 17. The topological polar surface area (TPSA) is 276 Å². The summed E-state index contributed by atoms with van der Waals surface area (Å²) in [5.41, 5.74) is -0.284. The van der Waals surface area contributed by atoms with Crippen molar-refractivity contribution in [3.8, 4) is 41.1 Å². The summed E-state index contributed by atoms with van der Waals surface area (Å²) in [5.74, 6) is -3.54. The van der Waals surface area contributed by atoms with E-state index < -0.39 is 58.4 Å². The molecule has 8 N–H and O–H groups in total. The Kier molecular flexibility index (Phi) is 13.4. The zero-order valence-corrected chi connectivity index (χ0v) is 34.2. The van der Waals surface area contributed by atoms with E-state index in [1.807, 2.05) is 0 Å². The van der Waals surface area contributed by atoms with Crippen LogP contribution in [0.15, 0.2) is 107 Å². The fourth-order valence-corrected chi connectivity index (χ4v) is 6.17. The van der Waals surface area contributed by atoms with E-state index in [4.69, 9.17) is 20.6 Å². The minimum Gasteiger partial charge on any atom is -0.504 e. The molecule has 0 fully saturated rings.